The molecule has 5 heteroatoms. The van der Waals surface area contributed by atoms with E-state index in [1.807, 2.05) is 61.5 Å². The van der Waals surface area contributed by atoms with Crippen molar-refractivity contribution in [3.63, 3.8) is 0 Å². The van der Waals surface area contributed by atoms with Gasteiger partial charge in [-0.25, -0.2) is 0 Å². The van der Waals surface area contributed by atoms with Crippen LogP contribution in [-0.2, 0) is 28.3 Å². The lowest BCUT2D eigenvalue weighted by molar-refractivity contribution is -0.139. The van der Waals surface area contributed by atoms with Gasteiger partial charge in [0.05, 0.1) is 5.75 Å². The fraction of sp³-hybridized carbons (Fsp3) is 0.355. The van der Waals surface area contributed by atoms with Crippen molar-refractivity contribution in [2.75, 3.05) is 12.3 Å². The minimum atomic E-state index is -0.572. The number of nitrogens with one attached hydrogen (secondary N) is 1. The van der Waals surface area contributed by atoms with Crippen LogP contribution in [0.15, 0.2) is 78.9 Å². The van der Waals surface area contributed by atoms with E-state index in [0.717, 1.165) is 35.3 Å². The molecule has 0 aliphatic heterocycles. The van der Waals surface area contributed by atoms with Crippen molar-refractivity contribution in [1.29, 1.82) is 0 Å². The number of aryl methyl sites for hydroxylation is 2. The van der Waals surface area contributed by atoms with Crippen LogP contribution in [0.5, 0.6) is 0 Å². The molecule has 190 valence electrons. The molecule has 0 aliphatic rings. The van der Waals surface area contributed by atoms with E-state index in [1.54, 1.807) is 16.7 Å². The number of unbranched alkanes of at least 4 members (excludes halogenated alkanes) is 1. The highest BCUT2D eigenvalue weighted by atomic mass is 32.2. The average Bonchev–Trinajstić information content (AvgIpc) is 2.87. The molecule has 0 aliphatic carbocycles. The van der Waals surface area contributed by atoms with E-state index in [0.29, 0.717) is 25.3 Å². The number of hydrogen-bond donors (Lipinski definition) is 1. The van der Waals surface area contributed by atoms with Crippen molar-refractivity contribution in [2.24, 2.45) is 0 Å². The van der Waals surface area contributed by atoms with Crippen molar-refractivity contribution in [3.8, 4) is 0 Å². The van der Waals surface area contributed by atoms with Crippen LogP contribution in [0.2, 0.25) is 0 Å². The maximum Gasteiger partial charge on any atom is 0.243 e. The van der Waals surface area contributed by atoms with Crippen LogP contribution in [0.25, 0.3) is 0 Å². The third-order valence-corrected chi connectivity index (χ3v) is 7.10. The number of benzene rings is 3. The summed E-state index contributed by atoms with van der Waals surface area (Å²) in [4.78, 5) is 28.9. The van der Waals surface area contributed by atoms with E-state index in [2.05, 4.69) is 43.4 Å². The summed E-state index contributed by atoms with van der Waals surface area (Å²) in [5, 5.41) is 3.08. The first-order valence-corrected chi connectivity index (χ1v) is 13.9. The number of nitrogens with zero attached hydrogens (tertiary/aromatic N) is 1. The van der Waals surface area contributed by atoms with E-state index in [9.17, 15) is 9.59 Å². The molecule has 3 aromatic carbocycles. The third-order valence-electron chi connectivity index (χ3n) is 6.11. The Morgan fingerprint density at radius 2 is 1.50 bits per heavy atom. The highest BCUT2D eigenvalue weighted by molar-refractivity contribution is 7.99. The molecule has 1 atom stereocenters. The van der Waals surface area contributed by atoms with Gasteiger partial charge >= 0.3 is 0 Å². The van der Waals surface area contributed by atoms with E-state index in [1.165, 1.54) is 11.1 Å². The summed E-state index contributed by atoms with van der Waals surface area (Å²) in [5.41, 5.74) is 5.64. The van der Waals surface area contributed by atoms with Gasteiger partial charge in [0, 0.05) is 25.3 Å². The van der Waals surface area contributed by atoms with Crippen molar-refractivity contribution < 1.29 is 9.59 Å². The lowest BCUT2D eigenvalue weighted by Crippen LogP contribution is -2.51. The lowest BCUT2D eigenvalue weighted by Gasteiger charge is -2.31. The van der Waals surface area contributed by atoms with E-state index >= 15 is 0 Å². The second-order valence-electron chi connectivity index (χ2n) is 9.34. The average molecular weight is 503 g/mol. The first kappa shape index (κ1) is 27.5. The van der Waals surface area contributed by atoms with Gasteiger partial charge in [0.25, 0.3) is 0 Å². The van der Waals surface area contributed by atoms with Gasteiger partial charge in [0.1, 0.15) is 6.04 Å². The molecular weight excluding hydrogens is 464 g/mol. The molecule has 0 aromatic heterocycles. The highest BCUT2D eigenvalue weighted by Gasteiger charge is 2.30. The first-order chi connectivity index (χ1) is 17.5. The highest BCUT2D eigenvalue weighted by Crippen LogP contribution is 2.19. The zero-order valence-corrected chi connectivity index (χ0v) is 22.5. The molecule has 2 amide bonds. The minimum Gasteiger partial charge on any atom is -0.354 e. The lowest BCUT2D eigenvalue weighted by atomic mass is 10.0. The Bertz CT molecular complexity index is 1120. The van der Waals surface area contributed by atoms with Gasteiger partial charge < -0.3 is 10.2 Å². The summed E-state index contributed by atoms with van der Waals surface area (Å²) < 4.78 is 0. The normalized spacial score (nSPS) is 11.6. The number of thioether (sulfide) groups is 1. The SMILES string of the molecule is CCCCNC(=O)[C@H](Cc1ccccc1)N(Cc1cccc(C)c1)C(=O)CSCc1cccc(C)c1. The smallest absolute Gasteiger partial charge is 0.243 e. The first-order valence-electron chi connectivity index (χ1n) is 12.8. The maximum absolute atomic E-state index is 13.7. The van der Waals surface area contributed by atoms with Gasteiger partial charge in [-0.1, -0.05) is 103 Å². The molecule has 0 saturated heterocycles. The summed E-state index contributed by atoms with van der Waals surface area (Å²) >= 11 is 1.60. The predicted octanol–water partition coefficient (Wildman–Crippen LogP) is 6.09. The maximum atomic E-state index is 13.7. The molecule has 0 spiro atoms. The van der Waals surface area contributed by atoms with Crippen molar-refractivity contribution in [3.05, 3.63) is 107 Å². The van der Waals surface area contributed by atoms with Gasteiger partial charge in [-0.15, -0.1) is 11.8 Å². The van der Waals surface area contributed by atoms with Crippen molar-refractivity contribution in [2.45, 2.75) is 58.4 Å². The topological polar surface area (TPSA) is 49.4 Å². The van der Waals surface area contributed by atoms with Crippen molar-refractivity contribution >= 4 is 23.6 Å². The van der Waals surface area contributed by atoms with Gasteiger partial charge in [-0.05, 0) is 37.0 Å². The van der Waals surface area contributed by atoms with Crippen LogP contribution in [0.3, 0.4) is 0 Å². The zero-order chi connectivity index (χ0) is 25.8. The van der Waals surface area contributed by atoms with Gasteiger partial charge in [-0.2, -0.15) is 0 Å². The van der Waals surface area contributed by atoms with E-state index < -0.39 is 6.04 Å². The monoisotopic (exact) mass is 502 g/mol. The summed E-state index contributed by atoms with van der Waals surface area (Å²) in [6, 6.07) is 25.9. The summed E-state index contributed by atoms with van der Waals surface area (Å²) in [6.45, 7) is 7.26. The molecular formula is C31H38N2O2S. The van der Waals surface area contributed by atoms with E-state index in [-0.39, 0.29) is 11.8 Å². The Balaban J connectivity index is 1.83. The Morgan fingerprint density at radius 1 is 0.861 bits per heavy atom. The Labute approximate surface area is 220 Å². The standard InChI is InChI=1S/C31H38N2O2S/c1-4-5-17-32-31(35)29(20-26-13-7-6-8-14-26)33(21-27-15-9-11-24(2)18-27)30(34)23-36-22-28-16-10-12-25(3)19-28/h6-16,18-19,29H,4-5,17,20-23H2,1-3H3,(H,32,35)/t29-/m0/s1. The van der Waals surface area contributed by atoms with Crippen molar-refractivity contribution in [1.82, 2.24) is 10.2 Å². The molecule has 36 heavy (non-hydrogen) atoms. The Hall–Kier alpha value is -3.05. The quantitative estimate of drug-likeness (QED) is 0.288. The molecule has 0 saturated carbocycles. The minimum absolute atomic E-state index is 0.0132. The number of amides is 2. The number of hydrogen-bond acceptors (Lipinski definition) is 3. The van der Waals surface area contributed by atoms with Gasteiger partial charge in [-0.3, -0.25) is 9.59 Å². The molecule has 0 unspecified atom stereocenters. The third kappa shape index (κ3) is 8.87. The zero-order valence-electron chi connectivity index (χ0n) is 21.7. The van der Waals surface area contributed by atoms with Gasteiger partial charge in [0.15, 0.2) is 0 Å². The van der Waals surface area contributed by atoms with E-state index in [4.69, 9.17) is 0 Å². The Kier molecular flexibility index (Phi) is 11.1. The van der Waals surface area contributed by atoms with Gasteiger partial charge in [0.2, 0.25) is 11.8 Å². The van der Waals surface area contributed by atoms with Crippen LogP contribution in [0, 0.1) is 13.8 Å². The van der Waals surface area contributed by atoms with Crippen LogP contribution in [0.1, 0.15) is 47.6 Å². The van der Waals surface area contributed by atoms with Crippen LogP contribution in [0.4, 0.5) is 0 Å². The Morgan fingerprint density at radius 3 is 2.17 bits per heavy atom. The van der Waals surface area contributed by atoms with Crippen LogP contribution in [-0.4, -0.2) is 35.1 Å². The second kappa shape index (κ2) is 14.5. The molecule has 0 heterocycles. The van der Waals surface area contributed by atoms with Crippen LogP contribution < -0.4 is 5.32 Å². The predicted molar refractivity (Wildman–Crippen MR) is 151 cm³/mol. The molecule has 3 rings (SSSR count). The number of carbonyl (C=O) groups excluding carboxylic acids is 2. The molecule has 3 aromatic rings. The molecule has 4 nitrogen and oxygen atoms in total. The number of rotatable bonds is 13. The summed E-state index contributed by atoms with van der Waals surface area (Å²) in [5.74, 6) is 0.989. The summed E-state index contributed by atoms with van der Waals surface area (Å²) in [7, 11) is 0. The fourth-order valence-corrected chi connectivity index (χ4v) is 5.07. The summed E-state index contributed by atoms with van der Waals surface area (Å²) in [6.07, 6.45) is 2.41. The van der Waals surface area contributed by atoms with Crippen LogP contribution >= 0.6 is 11.8 Å². The fourth-order valence-electron chi connectivity index (χ4n) is 4.21. The second-order valence-corrected chi connectivity index (χ2v) is 10.3. The molecule has 0 fully saturated rings. The molecule has 1 N–H and O–H groups in total. The number of carbonyl (C=O) groups is 2. The molecule has 0 bridgehead atoms. The molecule has 0 radical (unpaired) electrons. The largest absolute Gasteiger partial charge is 0.354 e.